The van der Waals surface area contributed by atoms with Crippen LogP contribution in [0.5, 0.6) is 0 Å². The average Bonchev–Trinajstić information content (AvgIpc) is 3.27. The summed E-state index contributed by atoms with van der Waals surface area (Å²) in [5.74, 6) is -0.433. The fraction of sp³-hybridized carbons (Fsp3) is 0.130. The number of nitrogens with one attached hydrogen (secondary N) is 1. The van der Waals surface area contributed by atoms with Gasteiger partial charge in [-0.3, -0.25) is 4.79 Å². The van der Waals surface area contributed by atoms with Gasteiger partial charge in [-0.05, 0) is 65.9 Å². The van der Waals surface area contributed by atoms with E-state index >= 15 is 0 Å². The maximum Gasteiger partial charge on any atom is 0.336 e. The second-order valence-electron chi connectivity index (χ2n) is 7.45. The zero-order valence-electron chi connectivity index (χ0n) is 16.8. The van der Waals surface area contributed by atoms with Crippen molar-refractivity contribution in [1.82, 2.24) is 4.31 Å². The van der Waals surface area contributed by atoms with Crippen LogP contribution in [0.25, 0.3) is 11.0 Å². The monoisotopic (exact) mass is 466 g/mol. The minimum atomic E-state index is -3.73. The number of nitrogens with zero attached hydrogens (tertiary/aromatic N) is 1. The van der Waals surface area contributed by atoms with E-state index in [2.05, 4.69) is 5.32 Å². The first-order valence-corrected chi connectivity index (χ1v) is 12.2. The Bertz CT molecular complexity index is 1500. The highest BCUT2D eigenvalue weighted by Gasteiger charge is 2.29. The topological polar surface area (TPSA) is 96.7 Å². The van der Waals surface area contributed by atoms with Gasteiger partial charge in [-0.15, -0.1) is 11.3 Å². The Balaban J connectivity index is 1.38. The van der Waals surface area contributed by atoms with Gasteiger partial charge in [0.05, 0.1) is 4.90 Å². The van der Waals surface area contributed by atoms with E-state index in [1.165, 1.54) is 27.4 Å². The van der Waals surface area contributed by atoms with Crippen LogP contribution in [-0.4, -0.2) is 25.2 Å². The maximum atomic E-state index is 13.2. The third-order valence-electron chi connectivity index (χ3n) is 5.38. The van der Waals surface area contributed by atoms with E-state index in [-0.39, 0.29) is 10.5 Å². The van der Waals surface area contributed by atoms with Gasteiger partial charge < -0.3 is 9.73 Å². The van der Waals surface area contributed by atoms with Crippen molar-refractivity contribution >= 4 is 43.9 Å². The van der Waals surface area contributed by atoms with Gasteiger partial charge in [0.1, 0.15) is 5.58 Å². The minimum Gasteiger partial charge on any atom is -0.423 e. The molecule has 4 aromatic rings. The number of hydrogen-bond acceptors (Lipinski definition) is 6. The van der Waals surface area contributed by atoms with Gasteiger partial charge in [-0.25, -0.2) is 13.2 Å². The standard InChI is InChI=1S/C23H18N2O5S2/c26-22-7-4-15-12-18(5-6-20(15)30-22)24-23(27)16-2-1-3-19(13-16)32(28,29)25-10-8-21-17(14-25)9-11-31-21/h1-7,9,11-13H,8,10,14H2,(H,24,27). The summed E-state index contributed by atoms with van der Waals surface area (Å²) in [5.41, 5.74) is 1.74. The van der Waals surface area contributed by atoms with Crippen molar-refractivity contribution < 1.29 is 17.6 Å². The van der Waals surface area contributed by atoms with Crippen LogP contribution in [0.15, 0.2) is 80.2 Å². The molecular weight excluding hydrogens is 448 g/mol. The summed E-state index contributed by atoms with van der Waals surface area (Å²) in [7, 11) is -3.73. The molecule has 3 heterocycles. The Morgan fingerprint density at radius 2 is 1.94 bits per heavy atom. The van der Waals surface area contributed by atoms with Crippen LogP contribution in [0.1, 0.15) is 20.8 Å². The summed E-state index contributed by atoms with van der Waals surface area (Å²) in [6.45, 7) is 0.754. The van der Waals surface area contributed by atoms with Crippen molar-refractivity contribution in [3.05, 3.63) is 92.5 Å². The van der Waals surface area contributed by atoms with E-state index in [1.807, 2.05) is 11.4 Å². The molecule has 162 valence electrons. The fourth-order valence-electron chi connectivity index (χ4n) is 3.73. The van der Waals surface area contributed by atoms with Crippen molar-refractivity contribution in [1.29, 1.82) is 0 Å². The van der Waals surface area contributed by atoms with Crippen molar-refractivity contribution in [2.75, 3.05) is 11.9 Å². The molecule has 0 radical (unpaired) electrons. The molecule has 2 aromatic carbocycles. The number of benzene rings is 2. The Morgan fingerprint density at radius 3 is 2.81 bits per heavy atom. The average molecular weight is 467 g/mol. The predicted octanol–water partition coefficient (Wildman–Crippen LogP) is 3.85. The fourth-order valence-corrected chi connectivity index (χ4v) is 6.08. The molecule has 1 aliphatic rings. The van der Waals surface area contributed by atoms with Crippen molar-refractivity contribution in [2.24, 2.45) is 0 Å². The van der Waals surface area contributed by atoms with E-state index in [0.29, 0.717) is 36.2 Å². The number of carbonyl (C=O) groups is 1. The number of anilines is 1. The van der Waals surface area contributed by atoms with E-state index in [0.717, 1.165) is 5.56 Å². The zero-order chi connectivity index (χ0) is 22.3. The van der Waals surface area contributed by atoms with Crippen LogP contribution in [0.3, 0.4) is 0 Å². The number of sulfonamides is 1. The predicted molar refractivity (Wildman–Crippen MR) is 122 cm³/mol. The Morgan fingerprint density at radius 1 is 1.06 bits per heavy atom. The molecule has 7 nitrogen and oxygen atoms in total. The molecule has 0 unspecified atom stereocenters. The molecule has 0 atom stereocenters. The molecule has 1 amide bonds. The van der Waals surface area contributed by atoms with Gasteiger partial charge in [0.15, 0.2) is 0 Å². The summed E-state index contributed by atoms with van der Waals surface area (Å²) in [6.07, 6.45) is 0.689. The minimum absolute atomic E-state index is 0.0871. The number of amides is 1. The lowest BCUT2D eigenvalue weighted by atomic mass is 10.1. The summed E-state index contributed by atoms with van der Waals surface area (Å²) in [5, 5.41) is 5.41. The summed E-state index contributed by atoms with van der Waals surface area (Å²) in [6, 6.07) is 15.8. The van der Waals surface area contributed by atoms with Gasteiger partial charge in [0.25, 0.3) is 5.91 Å². The van der Waals surface area contributed by atoms with Crippen LogP contribution in [0.2, 0.25) is 0 Å². The van der Waals surface area contributed by atoms with E-state index in [4.69, 9.17) is 4.42 Å². The largest absolute Gasteiger partial charge is 0.423 e. The molecular formula is C23H18N2O5S2. The Kier molecular flexibility index (Phi) is 5.16. The van der Waals surface area contributed by atoms with E-state index in [1.54, 1.807) is 47.7 Å². The first-order chi connectivity index (χ1) is 15.4. The van der Waals surface area contributed by atoms with Gasteiger partial charge in [-0.1, -0.05) is 6.07 Å². The molecule has 0 bridgehead atoms. The molecule has 1 N–H and O–H groups in total. The van der Waals surface area contributed by atoms with Crippen molar-refractivity contribution in [3.8, 4) is 0 Å². The lowest BCUT2D eigenvalue weighted by Crippen LogP contribution is -2.35. The molecule has 0 saturated heterocycles. The van der Waals surface area contributed by atoms with Crippen LogP contribution < -0.4 is 10.9 Å². The lowest BCUT2D eigenvalue weighted by Gasteiger charge is -2.26. The quantitative estimate of drug-likeness (QED) is 0.461. The van der Waals surface area contributed by atoms with E-state index < -0.39 is 21.6 Å². The second-order valence-corrected chi connectivity index (χ2v) is 10.4. The van der Waals surface area contributed by atoms with Gasteiger partial charge >= 0.3 is 5.63 Å². The van der Waals surface area contributed by atoms with Gasteiger partial charge in [0.2, 0.25) is 10.0 Å². The molecule has 2 aromatic heterocycles. The third kappa shape index (κ3) is 3.86. The lowest BCUT2D eigenvalue weighted by molar-refractivity contribution is 0.102. The number of rotatable bonds is 4. The number of thiophene rings is 1. The molecule has 32 heavy (non-hydrogen) atoms. The number of carbonyl (C=O) groups excluding carboxylic acids is 1. The number of fused-ring (bicyclic) bond motifs is 2. The highest BCUT2D eigenvalue weighted by molar-refractivity contribution is 7.89. The zero-order valence-corrected chi connectivity index (χ0v) is 18.4. The maximum absolute atomic E-state index is 13.2. The second kappa shape index (κ2) is 8.01. The van der Waals surface area contributed by atoms with Crippen LogP contribution in [0, 0.1) is 0 Å². The summed E-state index contributed by atoms with van der Waals surface area (Å²) < 4.78 is 32.9. The van der Waals surface area contributed by atoms with Gasteiger partial charge in [0, 0.05) is 40.7 Å². The Labute approximate surface area is 188 Å². The SMILES string of the molecule is O=C(Nc1ccc2oc(=O)ccc2c1)c1cccc(S(=O)(=O)N2CCc3sccc3C2)c1. The highest BCUT2D eigenvalue weighted by atomic mass is 32.2. The molecule has 0 aliphatic carbocycles. The molecule has 0 fully saturated rings. The highest BCUT2D eigenvalue weighted by Crippen LogP contribution is 2.28. The van der Waals surface area contributed by atoms with Crippen LogP contribution in [-0.2, 0) is 23.0 Å². The van der Waals surface area contributed by atoms with Crippen LogP contribution in [0.4, 0.5) is 5.69 Å². The van der Waals surface area contributed by atoms with E-state index in [9.17, 15) is 18.0 Å². The smallest absolute Gasteiger partial charge is 0.336 e. The first-order valence-electron chi connectivity index (χ1n) is 9.91. The van der Waals surface area contributed by atoms with Crippen molar-refractivity contribution in [3.63, 3.8) is 0 Å². The molecule has 0 saturated carbocycles. The van der Waals surface area contributed by atoms with Crippen molar-refractivity contribution in [2.45, 2.75) is 17.9 Å². The third-order valence-corrected chi connectivity index (χ3v) is 8.25. The van der Waals surface area contributed by atoms with Gasteiger partial charge in [-0.2, -0.15) is 4.31 Å². The van der Waals surface area contributed by atoms with Crippen LogP contribution >= 0.6 is 11.3 Å². The molecule has 9 heteroatoms. The Hall–Kier alpha value is -3.27. The molecule has 5 rings (SSSR count). The summed E-state index contributed by atoms with van der Waals surface area (Å²) >= 11 is 1.65. The number of hydrogen-bond donors (Lipinski definition) is 1. The normalized spacial score (nSPS) is 14.2. The summed E-state index contributed by atoms with van der Waals surface area (Å²) in [4.78, 5) is 25.4. The molecule has 0 spiro atoms. The molecule has 1 aliphatic heterocycles. The first kappa shape index (κ1) is 20.6.